The van der Waals surface area contributed by atoms with Gasteiger partial charge in [-0.2, -0.15) is 5.10 Å². The van der Waals surface area contributed by atoms with E-state index >= 15 is 0 Å². The zero-order valence-corrected chi connectivity index (χ0v) is 10.1. The molecule has 1 aromatic carbocycles. The second kappa shape index (κ2) is 4.34. The second-order valence-corrected chi connectivity index (χ2v) is 4.53. The molecule has 3 rings (SSSR count). The van der Waals surface area contributed by atoms with Crippen LogP contribution in [0.1, 0.15) is 24.1 Å². The molecule has 0 bridgehead atoms. The molecule has 0 fully saturated rings. The number of hydrogen-bond acceptors (Lipinski definition) is 2. The van der Waals surface area contributed by atoms with Crippen LogP contribution in [0.25, 0.3) is 0 Å². The van der Waals surface area contributed by atoms with Gasteiger partial charge in [-0.1, -0.05) is 31.2 Å². The van der Waals surface area contributed by atoms with Crippen LogP contribution < -0.4 is 0 Å². The zero-order chi connectivity index (χ0) is 11.7. The molecule has 2 heterocycles. The van der Waals surface area contributed by atoms with Gasteiger partial charge >= 0.3 is 0 Å². The molecule has 88 valence electrons. The van der Waals surface area contributed by atoms with Gasteiger partial charge in [0.15, 0.2) is 0 Å². The topological polar surface area (TPSA) is 21.1 Å². The Morgan fingerprint density at radius 1 is 1.29 bits per heavy atom. The molecule has 3 heteroatoms. The molecule has 1 unspecified atom stereocenters. The lowest BCUT2D eigenvalue weighted by Crippen LogP contribution is -2.36. The van der Waals surface area contributed by atoms with Gasteiger partial charge in [-0.05, 0) is 23.7 Å². The van der Waals surface area contributed by atoms with Crippen LogP contribution in [0.15, 0.2) is 42.7 Å². The highest BCUT2D eigenvalue weighted by Gasteiger charge is 2.25. The van der Waals surface area contributed by atoms with Gasteiger partial charge < -0.3 is 0 Å². The van der Waals surface area contributed by atoms with Crippen molar-refractivity contribution in [1.29, 1.82) is 0 Å². The van der Waals surface area contributed by atoms with Gasteiger partial charge in [0.05, 0.1) is 6.04 Å². The van der Waals surface area contributed by atoms with E-state index < -0.39 is 0 Å². The second-order valence-electron chi connectivity index (χ2n) is 4.53. The predicted octanol–water partition coefficient (Wildman–Crippen LogP) is 2.31. The first kappa shape index (κ1) is 10.5. The molecule has 0 aliphatic carbocycles. The first-order valence-electron chi connectivity index (χ1n) is 6.17. The molecule has 0 radical (unpaired) electrons. The summed E-state index contributed by atoms with van der Waals surface area (Å²) in [6.07, 6.45) is 3.91. The van der Waals surface area contributed by atoms with E-state index in [4.69, 9.17) is 0 Å². The van der Waals surface area contributed by atoms with E-state index in [1.807, 2.05) is 12.3 Å². The van der Waals surface area contributed by atoms with Crippen molar-refractivity contribution in [3.8, 4) is 0 Å². The molecule has 1 aromatic heterocycles. The molecule has 0 amide bonds. The predicted molar refractivity (Wildman–Crippen MR) is 67.8 cm³/mol. The maximum Gasteiger partial charge on any atom is 0.0898 e. The Labute approximate surface area is 102 Å². The van der Waals surface area contributed by atoms with Crippen molar-refractivity contribution in [2.75, 3.05) is 13.1 Å². The molecule has 1 atom stereocenters. The molecule has 3 nitrogen and oxygen atoms in total. The minimum Gasteiger partial charge on any atom is -0.297 e. The molecule has 2 aromatic rings. The Bertz CT molecular complexity index is 490. The quantitative estimate of drug-likeness (QED) is 0.785. The lowest BCUT2D eigenvalue weighted by atomic mass is 9.95. The van der Waals surface area contributed by atoms with Gasteiger partial charge in [0.1, 0.15) is 0 Å². The van der Waals surface area contributed by atoms with Crippen LogP contribution in [0.4, 0.5) is 0 Å². The highest BCUT2D eigenvalue weighted by molar-refractivity contribution is 5.32. The molecule has 1 aliphatic rings. The van der Waals surface area contributed by atoms with Crippen molar-refractivity contribution in [2.45, 2.75) is 19.5 Å². The van der Waals surface area contributed by atoms with Gasteiger partial charge in [0.2, 0.25) is 0 Å². The number of fused-ring (bicyclic) bond motifs is 1. The molecule has 0 spiro atoms. The summed E-state index contributed by atoms with van der Waals surface area (Å²) in [5.74, 6) is 0. The molecule has 0 saturated carbocycles. The number of likely N-dealkylation sites (N-methyl/N-ethyl adjacent to an activating group) is 1. The van der Waals surface area contributed by atoms with Gasteiger partial charge in [0, 0.05) is 25.5 Å². The maximum absolute atomic E-state index is 4.40. The van der Waals surface area contributed by atoms with E-state index in [1.165, 1.54) is 11.1 Å². The largest absolute Gasteiger partial charge is 0.297 e. The van der Waals surface area contributed by atoms with Crippen LogP contribution in [0.5, 0.6) is 0 Å². The zero-order valence-electron chi connectivity index (χ0n) is 10.1. The first-order valence-corrected chi connectivity index (χ1v) is 6.17. The SMILES string of the molecule is CCN1Cc2ccccc2C(n2cccn2)C1. The van der Waals surface area contributed by atoms with E-state index in [0.717, 1.165) is 19.6 Å². The Morgan fingerprint density at radius 2 is 2.18 bits per heavy atom. The van der Waals surface area contributed by atoms with E-state index in [9.17, 15) is 0 Å². The summed E-state index contributed by atoms with van der Waals surface area (Å²) < 4.78 is 2.07. The Kier molecular flexibility index (Phi) is 2.69. The standard InChI is InChI=1S/C14H17N3/c1-2-16-10-12-6-3-4-7-13(12)14(11-16)17-9-5-8-15-17/h3-9,14H,2,10-11H2,1H3. The van der Waals surface area contributed by atoms with E-state index in [0.29, 0.717) is 6.04 Å². The van der Waals surface area contributed by atoms with Crippen molar-refractivity contribution < 1.29 is 0 Å². The Morgan fingerprint density at radius 3 is 2.94 bits per heavy atom. The minimum atomic E-state index is 0.356. The van der Waals surface area contributed by atoms with Gasteiger partial charge in [-0.25, -0.2) is 0 Å². The third kappa shape index (κ3) is 1.87. The number of nitrogens with zero attached hydrogens (tertiary/aromatic N) is 3. The van der Waals surface area contributed by atoms with Crippen LogP contribution >= 0.6 is 0 Å². The molecular weight excluding hydrogens is 210 g/mol. The minimum absolute atomic E-state index is 0.356. The summed E-state index contributed by atoms with van der Waals surface area (Å²) in [6.45, 7) is 5.42. The number of rotatable bonds is 2. The normalized spacial score (nSPS) is 20.2. The summed E-state index contributed by atoms with van der Waals surface area (Å²) in [6, 6.07) is 11.1. The molecule has 0 saturated heterocycles. The monoisotopic (exact) mass is 227 g/mol. The molecule has 1 aliphatic heterocycles. The highest BCUT2D eigenvalue weighted by Crippen LogP contribution is 2.28. The maximum atomic E-state index is 4.40. The van der Waals surface area contributed by atoms with Crippen molar-refractivity contribution in [3.05, 3.63) is 53.9 Å². The number of aromatic nitrogens is 2. The van der Waals surface area contributed by atoms with Crippen molar-refractivity contribution in [1.82, 2.24) is 14.7 Å². The first-order chi connectivity index (χ1) is 8.38. The average Bonchev–Trinajstić information content (AvgIpc) is 2.91. The lowest BCUT2D eigenvalue weighted by molar-refractivity contribution is 0.222. The molecule has 0 N–H and O–H groups in total. The summed E-state index contributed by atoms with van der Waals surface area (Å²) in [5.41, 5.74) is 2.85. The van der Waals surface area contributed by atoms with Crippen LogP contribution in [-0.4, -0.2) is 27.8 Å². The van der Waals surface area contributed by atoms with Crippen molar-refractivity contribution in [3.63, 3.8) is 0 Å². The Balaban J connectivity index is 2.03. The van der Waals surface area contributed by atoms with Crippen LogP contribution in [-0.2, 0) is 6.54 Å². The average molecular weight is 227 g/mol. The smallest absolute Gasteiger partial charge is 0.0898 e. The van der Waals surface area contributed by atoms with Crippen LogP contribution in [0.2, 0.25) is 0 Å². The van der Waals surface area contributed by atoms with Crippen LogP contribution in [0.3, 0.4) is 0 Å². The van der Waals surface area contributed by atoms with Gasteiger partial charge in [-0.15, -0.1) is 0 Å². The van der Waals surface area contributed by atoms with Gasteiger partial charge in [0.25, 0.3) is 0 Å². The summed E-state index contributed by atoms with van der Waals surface area (Å²) in [4.78, 5) is 2.47. The number of hydrogen-bond donors (Lipinski definition) is 0. The lowest BCUT2D eigenvalue weighted by Gasteiger charge is -2.34. The van der Waals surface area contributed by atoms with Gasteiger partial charge in [-0.3, -0.25) is 9.58 Å². The fourth-order valence-electron chi connectivity index (χ4n) is 2.58. The fourth-order valence-corrected chi connectivity index (χ4v) is 2.58. The summed E-state index contributed by atoms with van der Waals surface area (Å²) >= 11 is 0. The Hall–Kier alpha value is -1.61. The van der Waals surface area contributed by atoms with E-state index in [1.54, 1.807) is 0 Å². The highest BCUT2D eigenvalue weighted by atomic mass is 15.3. The van der Waals surface area contributed by atoms with E-state index in [2.05, 4.69) is 52.1 Å². The van der Waals surface area contributed by atoms with E-state index in [-0.39, 0.29) is 0 Å². The van der Waals surface area contributed by atoms with Crippen molar-refractivity contribution in [2.24, 2.45) is 0 Å². The summed E-state index contributed by atoms with van der Waals surface area (Å²) in [7, 11) is 0. The third-order valence-corrected chi connectivity index (χ3v) is 3.53. The molecule has 17 heavy (non-hydrogen) atoms. The third-order valence-electron chi connectivity index (χ3n) is 3.53. The fraction of sp³-hybridized carbons (Fsp3) is 0.357. The van der Waals surface area contributed by atoms with Crippen LogP contribution in [0, 0.1) is 0 Å². The van der Waals surface area contributed by atoms with Crippen molar-refractivity contribution >= 4 is 0 Å². The molecular formula is C14H17N3. The number of benzene rings is 1. The summed E-state index contributed by atoms with van der Waals surface area (Å²) in [5, 5.41) is 4.40.